The first-order valence-corrected chi connectivity index (χ1v) is 6.46. The highest BCUT2D eigenvalue weighted by Gasteiger charge is 2.46. The maximum Gasteiger partial charge on any atom is 0.310 e. The minimum atomic E-state index is -0.211. The molecule has 1 aromatic carbocycles. The number of carbonyl (C=O) groups is 2. The van der Waals surface area contributed by atoms with Gasteiger partial charge in [0.2, 0.25) is 0 Å². The van der Waals surface area contributed by atoms with E-state index < -0.39 is 0 Å². The molecule has 1 aliphatic heterocycles. The number of Topliss-reactive ketones (excluding diaryl/α,β-unsaturated/α-hetero) is 1. The summed E-state index contributed by atoms with van der Waals surface area (Å²) >= 11 is 0. The van der Waals surface area contributed by atoms with Gasteiger partial charge in [-0.15, -0.1) is 0 Å². The summed E-state index contributed by atoms with van der Waals surface area (Å²) in [6, 6.07) is 7.58. The van der Waals surface area contributed by atoms with Gasteiger partial charge < -0.3 is 4.74 Å². The molecule has 1 saturated carbocycles. The molecule has 0 spiro atoms. The fourth-order valence-electron chi connectivity index (χ4n) is 3.00. The zero-order valence-corrected chi connectivity index (χ0v) is 10.4. The number of fused-ring (bicyclic) bond motifs is 2. The summed E-state index contributed by atoms with van der Waals surface area (Å²) in [4.78, 5) is 24.1. The van der Waals surface area contributed by atoms with E-state index in [-0.39, 0.29) is 29.7 Å². The molecule has 1 aliphatic carbocycles. The van der Waals surface area contributed by atoms with E-state index in [0.717, 1.165) is 24.8 Å². The van der Waals surface area contributed by atoms with Crippen LogP contribution in [-0.4, -0.2) is 17.9 Å². The van der Waals surface area contributed by atoms with Gasteiger partial charge in [-0.25, -0.2) is 0 Å². The van der Waals surface area contributed by atoms with Crippen molar-refractivity contribution in [1.82, 2.24) is 0 Å². The molecule has 1 heterocycles. The van der Waals surface area contributed by atoms with Gasteiger partial charge in [-0.2, -0.15) is 0 Å². The van der Waals surface area contributed by atoms with Crippen LogP contribution in [0.2, 0.25) is 0 Å². The molecule has 0 unspecified atom stereocenters. The lowest BCUT2D eigenvalue weighted by Gasteiger charge is -2.23. The molecule has 2 fully saturated rings. The Labute approximate surface area is 106 Å². The molecule has 1 aromatic rings. The highest BCUT2D eigenvalue weighted by atomic mass is 16.6. The van der Waals surface area contributed by atoms with Crippen LogP contribution in [0.15, 0.2) is 24.3 Å². The van der Waals surface area contributed by atoms with Crippen molar-refractivity contribution in [2.45, 2.75) is 32.3 Å². The number of rotatable bonds is 2. The van der Waals surface area contributed by atoms with Crippen LogP contribution >= 0.6 is 0 Å². The fraction of sp³-hybridized carbons (Fsp3) is 0.467. The van der Waals surface area contributed by atoms with Crippen LogP contribution in [0.3, 0.4) is 0 Å². The zero-order valence-electron chi connectivity index (χ0n) is 10.4. The second-order valence-electron chi connectivity index (χ2n) is 5.32. The SMILES string of the molecule is Cc1ccc(C(=O)[C@@H]2CC[C@H]3C[C@@H]2C(=O)O3)cc1. The van der Waals surface area contributed by atoms with E-state index in [1.807, 2.05) is 31.2 Å². The van der Waals surface area contributed by atoms with Crippen molar-refractivity contribution in [2.75, 3.05) is 0 Å². The third-order valence-electron chi connectivity index (χ3n) is 4.06. The van der Waals surface area contributed by atoms with Crippen LogP contribution in [0.25, 0.3) is 0 Å². The van der Waals surface area contributed by atoms with Crippen molar-refractivity contribution in [2.24, 2.45) is 11.8 Å². The van der Waals surface area contributed by atoms with Crippen LogP contribution in [0.5, 0.6) is 0 Å². The smallest absolute Gasteiger partial charge is 0.310 e. The number of aryl methyl sites for hydroxylation is 1. The number of hydrogen-bond donors (Lipinski definition) is 0. The number of ether oxygens (including phenoxy) is 1. The minimum Gasteiger partial charge on any atom is -0.462 e. The van der Waals surface area contributed by atoms with Crippen LogP contribution in [0, 0.1) is 18.8 Å². The number of benzene rings is 1. The molecule has 0 amide bonds. The minimum absolute atomic E-state index is 0.0598. The lowest BCUT2D eigenvalue weighted by Crippen LogP contribution is -2.29. The molecule has 3 heteroatoms. The summed E-state index contributed by atoms with van der Waals surface area (Å²) < 4.78 is 5.23. The Morgan fingerprint density at radius 3 is 2.67 bits per heavy atom. The Balaban J connectivity index is 1.84. The molecule has 3 nitrogen and oxygen atoms in total. The van der Waals surface area contributed by atoms with Gasteiger partial charge in [0.1, 0.15) is 6.10 Å². The molecule has 1 saturated heterocycles. The van der Waals surface area contributed by atoms with E-state index in [1.165, 1.54) is 0 Å². The summed E-state index contributed by atoms with van der Waals surface area (Å²) in [5.74, 6) is -0.475. The van der Waals surface area contributed by atoms with E-state index in [0.29, 0.717) is 5.56 Å². The summed E-state index contributed by atoms with van der Waals surface area (Å²) in [5, 5.41) is 0. The molecule has 18 heavy (non-hydrogen) atoms. The van der Waals surface area contributed by atoms with Gasteiger partial charge in [0, 0.05) is 11.5 Å². The largest absolute Gasteiger partial charge is 0.462 e. The second kappa shape index (κ2) is 4.23. The average Bonchev–Trinajstić information content (AvgIpc) is 2.66. The van der Waals surface area contributed by atoms with E-state index >= 15 is 0 Å². The highest BCUT2D eigenvalue weighted by molar-refractivity contribution is 6.00. The van der Waals surface area contributed by atoms with Crippen molar-refractivity contribution < 1.29 is 14.3 Å². The van der Waals surface area contributed by atoms with Crippen molar-refractivity contribution in [3.63, 3.8) is 0 Å². The highest BCUT2D eigenvalue weighted by Crippen LogP contribution is 2.40. The van der Waals surface area contributed by atoms with Gasteiger partial charge in [-0.05, 0) is 26.2 Å². The second-order valence-corrected chi connectivity index (χ2v) is 5.32. The predicted molar refractivity (Wildman–Crippen MR) is 66.2 cm³/mol. The first-order valence-electron chi connectivity index (χ1n) is 6.46. The molecule has 3 rings (SSSR count). The van der Waals surface area contributed by atoms with Crippen LogP contribution in [0.4, 0.5) is 0 Å². The summed E-state index contributed by atoms with van der Waals surface area (Å²) in [7, 11) is 0. The molecule has 3 atom stereocenters. The first kappa shape index (κ1) is 11.5. The van der Waals surface area contributed by atoms with Gasteiger partial charge >= 0.3 is 5.97 Å². The molecule has 0 N–H and O–H groups in total. The fourth-order valence-corrected chi connectivity index (χ4v) is 3.00. The molecule has 0 radical (unpaired) electrons. The van der Waals surface area contributed by atoms with E-state index in [4.69, 9.17) is 4.74 Å². The number of esters is 1. The van der Waals surface area contributed by atoms with Crippen LogP contribution in [0.1, 0.15) is 35.2 Å². The summed E-state index contributed by atoms with van der Waals surface area (Å²) in [6.07, 6.45) is 2.38. The molecule has 94 valence electrons. The van der Waals surface area contributed by atoms with Crippen molar-refractivity contribution in [3.05, 3.63) is 35.4 Å². The van der Waals surface area contributed by atoms with Crippen molar-refractivity contribution >= 4 is 11.8 Å². The van der Waals surface area contributed by atoms with Gasteiger partial charge in [0.15, 0.2) is 5.78 Å². The molecule has 2 aliphatic rings. The number of carbonyl (C=O) groups excluding carboxylic acids is 2. The van der Waals surface area contributed by atoms with E-state index in [2.05, 4.69) is 0 Å². The Morgan fingerprint density at radius 2 is 1.94 bits per heavy atom. The molecular formula is C15H16O3. The third-order valence-corrected chi connectivity index (χ3v) is 4.06. The lowest BCUT2D eigenvalue weighted by atomic mass is 9.76. The van der Waals surface area contributed by atoms with Gasteiger partial charge in [-0.1, -0.05) is 29.8 Å². The maximum atomic E-state index is 12.4. The van der Waals surface area contributed by atoms with E-state index in [9.17, 15) is 9.59 Å². The maximum absolute atomic E-state index is 12.4. The first-order chi connectivity index (χ1) is 8.65. The lowest BCUT2D eigenvalue weighted by molar-refractivity contribution is -0.143. The molecule has 0 aromatic heterocycles. The Bertz CT molecular complexity index is 489. The molecule has 2 bridgehead atoms. The number of hydrogen-bond acceptors (Lipinski definition) is 3. The van der Waals surface area contributed by atoms with Crippen molar-refractivity contribution in [3.8, 4) is 0 Å². The monoisotopic (exact) mass is 244 g/mol. The quantitative estimate of drug-likeness (QED) is 0.593. The van der Waals surface area contributed by atoms with Gasteiger partial charge in [0.05, 0.1) is 5.92 Å². The Hall–Kier alpha value is -1.64. The Kier molecular flexibility index (Phi) is 2.69. The van der Waals surface area contributed by atoms with Crippen molar-refractivity contribution in [1.29, 1.82) is 0 Å². The topological polar surface area (TPSA) is 43.4 Å². The normalized spacial score (nSPS) is 30.1. The van der Waals surface area contributed by atoms with E-state index in [1.54, 1.807) is 0 Å². The van der Waals surface area contributed by atoms with Gasteiger partial charge in [-0.3, -0.25) is 9.59 Å². The number of ketones is 1. The van der Waals surface area contributed by atoms with Crippen LogP contribution < -0.4 is 0 Å². The van der Waals surface area contributed by atoms with Crippen LogP contribution in [-0.2, 0) is 9.53 Å². The summed E-state index contributed by atoms with van der Waals surface area (Å²) in [5.41, 5.74) is 1.85. The zero-order chi connectivity index (χ0) is 12.7. The standard InChI is InChI=1S/C15H16O3/c1-9-2-4-10(5-3-9)14(16)12-7-6-11-8-13(12)15(17)18-11/h2-5,11-13H,6-8H2,1H3/t11-,12+,13-/m0/s1. The third kappa shape index (κ3) is 1.84. The average molecular weight is 244 g/mol. The summed E-state index contributed by atoms with van der Waals surface area (Å²) in [6.45, 7) is 1.99. The molecular weight excluding hydrogens is 228 g/mol. The Morgan fingerprint density at radius 1 is 1.22 bits per heavy atom. The predicted octanol–water partition coefficient (Wildman–Crippen LogP) is 2.52. The van der Waals surface area contributed by atoms with Gasteiger partial charge in [0.25, 0.3) is 0 Å².